The van der Waals surface area contributed by atoms with Crippen LogP contribution in [-0.4, -0.2) is 0 Å². The molecule has 0 aliphatic carbocycles. The molecule has 0 aromatic carbocycles. The average molecular weight is 232 g/mol. The van der Waals surface area contributed by atoms with Crippen LogP contribution < -0.4 is 0 Å². The second-order valence-corrected chi connectivity index (χ2v) is 7.04. The predicted molar refractivity (Wildman–Crippen MR) is 82.0 cm³/mol. The van der Waals surface area contributed by atoms with Crippen LogP contribution in [0.3, 0.4) is 0 Å². The average Bonchev–Trinajstić information content (AvgIpc) is 1.83. The van der Waals surface area contributed by atoms with E-state index in [1.165, 1.54) is 0 Å². The fraction of sp³-hybridized carbons (Fsp3) is 1.00. The lowest BCUT2D eigenvalue weighted by atomic mass is 9.84. The molecule has 0 bridgehead atoms. The van der Waals surface area contributed by atoms with Crippen LogP contribution in [0.5, 0.6) is 0 Å². The summed E-state index contributed by atoms with van der Waals surface area (Å²) < 4.78 is 0. The van der Waals surface area contributed by atoms with Crippen molar-refractivity contribution in [2.45, 2.75) is 84.1 Å². The second kappa shape index (κ2) is 9.07. The molecule has 0 radical (unpaired) electrons. The van der Waals surface area contributed by atoms with E-state index in [0.29, 0.717) is 10.8 Å². The van der Waals surface area contributed by atoms with Gasteiger partial charge in [-0.2, -0.15) is 0 Å². The molecule has 0 heteroatoms. The molecule has 0 aliphatic heterocycles. The Bertz CT molecular complexity index is 109. The largest absolute Gasteiger partial charge is 0.0776 e. The molecule has 0 saturated carbocycles. The SMILES string of the molecule is C.C.CC(C)C(C)(C)C.CC(C)C(C)(C)C. The van der Waals surface area contributed by atoms with Gasteiger partial charge >= 0.3 is 0 Å². The Morgan fingerprint density at radius 3 is 0.562 bits per heavy atom. The first-order chi connectivity index (χ1) is 5.89. The maximum atomic E-state index is 2.26. The van der Waals surface area contributed by atoms with Gasteiger partial charge in [0.1, 0.15) is 0 Å². The molecule has 0 heterocycles. The zero-order valence-corrected chi connectivity index (χ0v) is 12.2. The van der Waals surface area contributed by atoms with Crippen molar-refractivity contribution in [1.29, 1.82) is 0 Å². The van der Waals surface area contributed by atoms with Gasteiger partial charge in [-0.15, -0.1) is 0 Å². The van der Waals surface area contributed by atoms with Gasteiger partial charge in [-0.3, -0.25) is 0 Å². The van der Waals surface area contributed by atoms with Gasteiger partial charge in [-0.1, -0.05) is 84.1 Å². The standard InChI is InChI=1S/2C7H16.2CH4/c2*1-6(2)7(3,4)5;;/h2*6H,1-5H3;2*1H4. The van der Waals surface area contributed by atoms with Gasteiger partial charge < -0.3 is 0 Å². The van der Waals surface area contributed by atoms with Gasteiger partial charge in [0.25, 0.3) is 0 Å². The van der Waals surface area contributed by atoms with Gasteiger partial charge in [0.05, 0.1) is 0 Å². The molecule has 0 nitrogen and oxygen atoms in total. The van der Waals surface area contributed by atoms with Crippen LogP contribution in [0.15, 0.2) is 0 Å². The van der Waals surface area contributed by atoms with Crippen molar-refractivity contribution in [2.75, 3.05) is 0 Å². The third kappa shape index (κ3) is 16.4. The lowest BCUT2D eigenvalue weighted by Gasteiger charge is -2.22. The monoisotopic (exact) mass is 232 g/mol. The molecule has 0 aromatic heterocycles. The minimum atomic E-state index is 0. The molecule has 0 N–H and O–H groups in total. The van der Waals surface area contributed by atoms with Crippen LogP contribution in [0.4, 0.5) is 0 Å². The van der Waals surface area contributed by atoms with Gasteiger partial charge in [-0.25, -0.2) is 0 Å². The van der Waals surface area contributed by atoms with E-state index in [0.717, 1.165) is 11.8 Å². The highest BCUT2D eigenvalue weighted by molar-refractivity contribution is 4.64. The van der Waals surface area contributed by atoms with Crippen molar-refractivity contribution in [3.05, 3.63) is 0 Å². The lowest BCUT2D eigenvalue weighted by molar-refractivity contribution is 0.283. The summed E-state index contributed by atoms with van der Waals surface area (Å²) in [6.45, 7) is 22.6. The Labute approximate surface area is 107 Å². The second-order valence-electron chi connectivity index (χ2n) is 7.04. The summed E-state index contributed by atoms with van der Waals surface area (Å²) >= 11 is 0. The zero-order valence-electron chi connectivity index (χ0n) is 12.2. The first-order valence-electron chi connectivity index (χ1n) is 5.89. The van der Waals surface area contributed by atoms with E-state index >= 15 is 0 Å². The summed E-state index contributed by atoms with van der Waals surface area (Å²) in [6, 6.07) is 0. The van der Waals surface area contributed by atoms with Crippen molar-refractivity contribution in [3.63, 3.8) is 0 Å². The summed E-state index contributed by atoms with van der Waals surface area (Å²) in [5.74, 6) is 1.60. The molecule has 0 aliphatic rings. The van der Waals surface area contributed by atoms with Crippen molar-refractivity contribution in [3.8, 4) is 0 Å². The fourth-order valence-corrected chi connectivity index (χ4v) is 0. The summed E-state index contributed by atoms with van der Waals surface area (Å²) in [7, 11) is 0. The van der Waals surface area contributed by atoms with E-state index < -0.39 is 0 Å². The van der Waals surface area contributed by atoms with Crippen LogP contribution in [0, 0.1) is 22.7 Å². The molecule has 0 unspecified atom stereocenters. The molecule has 16 heavy (non-hydrogen) atoms. The smallest absolute Gasteiger partial charge is 0.0360 e. The highest BCUT2D eigenvalue weighted by Gasteiger charge is 2.14. The summed E-state index contributed by atoms with van der Waals surface area (Å²) in [5.41, 5.74) is 1.00. The van der Waals surface area contributed by atoms with Crippen LogP contribution >= 0.6 is 0 Å². The number of hydrogen-bond acceptors (Lipinski definition) is 0. The summed E-state index contributed by atoms with van der Waals surface area (Å²) in [6.07, 6.45) is 0. The highest BCUT2D eigenvalue weighted by Crippen LogP contribution is 2.24. The molecule has 0 saturated heterocycles. The summed E-state index contributed by atoms with van der Waals surface area (Å²) in [5, 5.41) is 0. The van der Waals surface area contributed by atoms with E-state index in [-0.39, 0.29) is 14.9 Å². The Kier molecular flexibility index (Phi) is 14.2. The maximum Gasteiger partial charge on any atom is -0.0360 e. The molecule has 104 valence electrons. The van der Waals surface area contributed by atoms with Crippen molar-refractivity contribution >= 4 is 0 Å². The van der Waals surface area contributed by atoms with E-state index in [9.17, 15) is 0 Å². The lowest BCUT2D eigenvalue weighted by Crippen LogP contribution is -2.12. The Balaban J connectivity index is -0.0000000800. The molecule has 0 aromatic rings. The molecule has 0 spiro atoms. The van der Waals surface area contributed by atoms with Crippen LogP contribution in [0.1, 0.15) is 84.1 Å². The molecule has 0 fully saturated rings. The van der Waals surface area contributed by atoms with Crippen molar-refractivity contribution in [2.24, 2.45) is 22.7 Å². The molecular weight excluding hydrogens is 192 g/mol. The Morgan fingerprint density at radius 2 is 0.562 bits per heavy atom. The van der Waals surface area contributed by atoms with Gasteiger partial charge in [-0.05, 0) is 22.7 Å². The fourth-order valence-electron chi connectivity index (χ4n) is 0. The minimum Gasteiger partial charge on any atom is -0.0776 e. The molecular formula is C16H40. The van der Waals surface area contributed by atoms with Gasteiger partial charge in [0.2, 0.25) is 0 Å². The summed E-state index contributed by atoms with van der Waals surface area (Å²) in [4.78, 5) is 0. The highest BCUT2D eigenvalue weighted by atomic mass is 14.2. The van der Waals surface area contributed by atoms with Crippen LogP contribution in [0.25, 0.3) is 0 Å². The third-order valence-corrected chi connectivity index (χ3v) is 3.46. The van der Waals surface area contributed by atoms with Crippen molar-refractivity contribution in [1.82, 2.24) is 0 Å². The van der Waals surface area contributed by atoms with Crippen molar-refractivity contribution < 1.29 is 0 Å². The van der Waals surface area contributed by atoms with Gasteiger partial charge in [0.15, 0.2) is 0 Å². The third-order valence-electron chi connectivity index (χ3n) is 3.46. The minimum absolute atomic E-state index is 0. The van der Waals surface area contributed by atoms with Crippen LogP contribution in [-0.2, 0) is 0 Å². The first kappa shape index (κ1) is 25.0. The quantitative estimate of drug-likeness (QED) is 0.438. The Morgan fingerprint density at radius 1 is 0.500 bits per heavy atom. The molecule has 0 rings (SSSR count). The van der Waals surface area contributed by atoms with Gasteiger partial charge in [0, 0.05) is 0 Å². The molecule has 0 amide bonds. The Hall–Kier alpha value is 0. The maximum absolute atomic E-state index is 2.26. The predicted octanol–water partition coefficient (Wildman–Crippen LogP) is 6.65. The van der Waals surface area contributed by atoms with Crippen LogP contribution in [0.2, 0.25) is 0 Å². The number of hydrogen-bond donors (Lipinski definition) is 0. The zero-order chi connectivity index (χ0) is 12.2. The normalized spacial score (nSPS) is 11.2. The van der Waals surface area contributed by atoms with E-state index in [2.05, 4.69) is 69.2 Å². The molecule has 0 atom stereocenters. The van der Waals surface area contributed by atoms with E-state index in [4.69, 9.17) is 0 Å². The number of rotatable bonds is 0. The first-order valence-corrected chi connectivity index (χ1v) is 5.89. The topological polar surface area (TPSA) is 0 Å². The van der Waals surface area contributed by atoms with E-state index in [1.54, 1.807) is 0 Å². The van der Waals surface area contributed by atoms with E-state index in [1.807, 2.05) is 0 Å².